The van der Waals surface area contributed by atoms with Gasteiger partial charge in [0.2, 0.25) is 0 Å². The number of hydrogen-bond acceptors (Lipinski definition) is 6. The van der Waals surface area contributed by atoms with Gasteiger partial charge in [0.05, 0.1) is 11.1 Å². The van der Waals surface area contributed by atoms with Crippen molar-refractivity contribution in [2.45, 2.75) is 0 Å². The first-order valence-corrected chi connectivity index (χ1v) is 6.76. The van der Waals surface area contributed by atoms with Crippen molar-refractivity contribution in [2.75, 3.05) is 6.61 Å². The molecule has 0 aliphatic carbocycles. The number of thiophene rings is 1. The third-order valence-corrected chi connectivity index (χ3v) is 3.15. The van der Waals surface area contributed by atoms with Crippen LogP contribution < -0.4 is 10.2 Å². The quantitative estimate of drug-likeness (QED) is 0.503. The Labute approximate surface area is 124 Å². The molecule has 0 aliphatic heterocycles. The molecular weight excluding hydrogens is 294 g/mol. The fourth-order valence-corrected chi connectivity index (χ4v) is 2.02. The molecular formula is C13H11N3O4S. The molecule has 21 heavy (non-hydrogen) atoms. The molecule has 0 spiro atoms. The zero-order valence-corrected chi connectivity index (χ0v) is 11.6. The Balaban J connectivity index is 1.85. The first-order chi connectivity index (χ1) is 10.2. The van der Waals surface area contributed by atoms with Gasteiger partial charge in [-0.25, -0.2) is 5.43 Å². The van der Waals surface area contributed by atoms with Gasteiger partial charge < -0.3 is 4.74 Å². The fourth-order valence-electron chi connectivity index (χ4n) is 1.44. The molecule has 0 atom stereocenters. The summed E-state index contributed by atoms with van der Waals surface area (Å²) in [5.74, 6) is -0.458. The normalized spacial score (nSPS) is 10.5. The Hall–Kier alpha value is -2.74. The number of nitro groups is 1. The minimum atomic E-state index is -0.567. The molecule has 1 N–H and O–H groups in total. The minimum Gasteiger partial charge on any atom is -0.477 e. The second-order valence-electron chi connectivity index (χ2n) is 3.82. The average Bonchev–Trinajstić information content (AvgIpc) is 2.98. The van der Waals surface area contributed by atoms with Gasteiger partial charge in [-0.1, -0.05) is 18.2 Å². The molecule has 0 saturated carbocycles. The summed E-state index contributed by atoms with van der Waals surface area (Å²) in [5.41, 5.74) is 2.09. The highest BCUT2D eigenvalue weighted by Crippen LogP contribution is 2.25. The monoisotopic (exact) mass is 305 g/mol. The van der Waals surface area contributed by atoms with Crippen molar-refractivity contribution in [1.29, 1.82) is 0 Å². The highest BCUT2D eigenvalue weighted by atomic mass is 32.1. The number of para-hydroxylation sites is 2. The molecule has 8 heteroatoms. The van der Waals surface area contributed by atoms with Crippen LogP contribution in [0.4, 0.5) is 5.69 Å². The van der Waals surface area contributed by atoms with Crippen molar-refractivity contribution >= 4 is 29.1 Å². The van der Waals surface area contributed by atoms with E-state index < -0.39 is 10.8 Å². The first kappa shape index (κ1) is 14.7. The lowest BCUT2D eigenvalue weighted by Crippen LogP contribution is -2.24. The minimum absolute atomic E-state index is 0.0416. The molecule has 0 bridgehead atoms. The molecule has 108 valence electrons. The van der Waals surface area contributed by atoms with Gasteiger partial charge in [0.15, 0.2) is 12.4 Å². The van der Waals surface area contributed by atoms with Crippen LogP contribution in [0, 0.1) is 10.1 Å². The molecule has 1 amide bonds. The largest absolute Gasteiger partial charge is 0.477 e. The summed E-state index contributed by atoms with van der Waals surface area (Å²) < 4.78 is 5.12. The number of carbonyl (C=O) groups excluding carboxylic acids is 1. The number of carbonyl (C=O) groups is 1. The van der Waals surface area contributed by atoms with Gasteiger partial charge in [-0.3, -0.25) is 14.9 Å². The summed E-state index contributed by atoms with van der Waals surface area (Å²) in [5, 5.41) is 16.4. The molecule has 0 saturated heterocycles. The van der Waals surface area contributed by atoms with E-state index in [1.807, 2.05) is 17.5 Å². The maximum absolute atomic E-state index is 11.5. The van der Waals surface area contributed by atoms with Gasteiger partial charge in [-0.15, -0.1) is 11.3 Å². The van der Waals surface area contributed by atoms with E-state index in [-0.39, 0.29) is 18.0 Å². The Morgan fingerprint density at radius 1 is 1.38 bits per heavy atom. The molecule has 1 aromatic carbocycles. The van der Waals surface area contributed by atoms with E-state index in [0.29, 0.717) is 0 Å². The zero-order valence-electron chi connectivity index (χ0n) is 10.8. The first-order valence-electron chi connectivity index (χ1n) is 5.88. The SMILES string of the molecule is O=C(COc1ccccc1[N+](=O)[O-])NN=Cc1cccs1. The molecule has 1 aromatic heterocycles. The number of benzene rings is 1. The van der Waals surface area contributed by atoms with Crippen LogP contribution in [0.5, 0.6) is 5.75 Å². The van der Waals surface area contributed by atoms with Crippen LogP contribution in [0.2, 0.25) is 0 Å². The van der Waals surface area contributed by atoms with Crippen LogP contribution in [-0.2, 0) is 4.79 Å². The number of nitro benzene ring substituents is 1. The summed E-state index contributed by atoms with van der Waals surface area (Å²) in [6.07, 6.45) is 1.51. The van der Waals surface area contributed by atoms with Gasteiger partial charge in [-0.2, -0.15) is 5.10 Å². The van der Waals surface area contributed by atoms with E-state index in [0.717, 1.165) is 4.88 Å². The van der Waals surface area contributed by atoms with Crippen LogP contribution in [0.1, 0.15) is 4.88 Å². The van der Waals surface area contributed by atoms with E-state index in [2.05, 4.69) is 10.5 Å². The van der Waals surface area contributed by atoms with E-state index in [4.69, 9.17) is 4.74 Å². The van der Waals surface area contributed by atoms with Gasteiger partial charge in [0.25, 0.3) is 5.91 Å². The maximum atomic E-state index is 11.5. The van der Waals surface area contributed by atoms with Crippen molar-refractivity contribution in [2.24, 2.45) is 5.10 Å². The Morgan fingerprint density at radius 3 is 2.90 bits per heavy atom. The number of amides is 1. The van der Waals surface area contributed by atoms with Crippen molar-refractivity contribution in [3.63, 3.8) is 0 Å². The lowest BCUT2D eigenvalue weighted by molar-refractivity contribution is -0.385. The van der Waals surface area contributed by atoms with E-state index in [1.54, 1.807) is 6.07 Å². The van der Waals surface area contributed by atoms with Gasteiger partial charge in [0, 0.05) is 10.9 Å². The molecule has 0 aliphatic rings. The summed E-state index contributed by atoms with van der Waals surface area (Å²) in [6, 6.07) is 9.57. The molecule has 7 nitrogen and oxygen atoms in total. The third-order valence-electron chi connectivity index (χ3n) is 2.34. The van der Waals surface area contributed by atoms with Crippen LogP contribution in [0.15, 0.2) is 46.9 Å². The second kappa shape index (κ2) is 7.15. The lowest BCUT2D eigenvalue weighted by Gasteiger charge is -2.05. The number of nitrogens with zero attached hydrogens (tertiary/aromatic N) is 2. The van der Waals surface area contributed by atoms with Crippen molar-refractivity contribution < 1.29 is 14.5 Å². The van der Waals surface area contributed by atoms with Crippen LogP contribution in [-0.4, -0.2) is 23.7 Å². The van der Waals surface area contributed by atoms with Crippen molar-refractivity contribution in [3.05, 3.63) is 56.8 Å². The molecule has 2 rings (SSSR count). The second-order valence-corrected chi connectivity index (χ2v) is 4.80. The van der Waals surface area contributed by atoms with Gasteiger partial charge >= 0.3 is 5.69 Å². The van der Waals surface area contributed by atoms with Crippen LogP contribution in [0.25, 0.3) is 0 Å². The summed E-state index contributed by atoms with van der Waals surface area (Å²) in [6.45, 7) is -0.355. The predicted molar refractivity (Wildman–Crippen MR) is 78.6 cm³/mol. The number of hydrogen-bond donors (Lipinski definition) is 1. The van der Waals surface area contributed by atoms with Crippen LogP contribution in [0.3, 0.4) is 0 Å². The summed E-state index contributed by atoms with van der Waals surface area (Å²) in [7, 11) is 0. The average molecular weight is 305 g/mol. The Kier molecular flexibility index (Phi) is 4.99. The number of ether oxygens (including phenoxy) is 1. The topological polar surface area (TPSA) is 93.8 Å². The third kappa shape index (κ3) is 4.39. The van der Waals surface area contributed by atoms with Crippen molar-refractivity contribution in [3.8, 4) is 5.75 Å². The van der Waals surface area contributed by atoms with Gasteiger partial charge in [0.1, 0.15) is 0 Å². The van der Waals surface area contributed by atoms with E-state index >= 15 is 0 Å². The lowest BCUT2D eigenvalue weighted by atomic mass is 10.3. The molecule has 0 radical (unpaired) electrons. The molecule has 0 fully saturated rings. The fraction of sp³-hybridized carbons (Fsp3) is 0.0769. The molecule has 1 heterocycles. The number of nitrogens with one attached hydrogen (secondary N) is 1. The van der Waals surface area contributed by atoms with Crippen LogP contribution >= 0.6 is 11.3 Å². The molecule has 2 aromatic rings. The Bertz CT molecular complexity index is 655. The summed E-state index contributed by atoms with van der Waals surface area (Å²) >= 11 is 1.48. The highest BCUT2D eigenvalue weighted by molar-refractivity contribution is 7.11. The number of hydrazone groups is 1. The Morgan fingerprint density at radius 2 is 2.19 bits per heavy atom. The van der Waals surface area contributed by atoms with Crippen molar-refractivity contribution in [1.82, 2.24) is 5.43 Å². The highest BCUT2D eigenvalue weighted by Gasteiger charge is 2.14. The standard InChI is InChI=1S/C13H11N3O4S/c17-13(15-14-8-10-4-3-7-21-10)9-20-12-6-2-1-5-11(12)16(18)19/h1-8H,9H2,(H,15,17). The number of rotatable bonds is 6. The predicted octanol–water partition coefficient (Wildman–Crippen LogP) is 2.19. The van der Waals surface area contributed by atoms with E-state index in [1.165, 1.54) is 35.8 Å². The maximum Gasteiger partial charge on any atom is 0.310 e. The van der Waals surface area contributed by atoms with E-state index in [9.17, 15) is 14.9 Å². The molecule has 0 unspecified atom stereocenters. The smallest absolute Gasteiger partial charge is 0.310 e. The van der Waals surface area contributed by atoms with Gasteiger partial charge in [-0.05, 0) is 17.5 Å². The zero-order chi connectivity index (χ0) is 15.1. The summed E-state index contributed by atoms with van der Waals surface area (Å²) in [4.78, 5) is 22.6.